The van der Waals surface area contributed by atoms with Crippen molar-refractivity contribution in [2.75, 3.05) is 0 Å². The normalized spacial score (nSPS) is 11.3. The Balaban J connectivity index is 1.79. The van der Waals surface area contributed by atoms with Crippen molar-refractivity contribution < 1.29 is 4.79 Å². The lowest BCUT2D eigenvalue weighted by atomic mass is 10.1. The third-order valence-electron chi connectivity index (χ3n) is 3.67. The number of hydrazone groups is 1. The summed E-state index contributed by atoms with van der Waals surface area (Å²) in [6.07, 6.45) is 3.61. The van der Waals surface area contributed by atoms with Crippen LogP contribution in [0.2, 0.25) is 5.02 Å². The molecule has 4 nitrogen and oxygen atoms in total. The molecule has 0 fully saturated rings. The van der Waals surface area contributed by atoms with E-state index in [1.807, 2.05) is 55.1 Å². The number of rotatable bonds is 3. The van der Waals surface area contributed by atoms with E-state index >= 15 is 0 Å². The molecule has 0 unspecified atom stereocenters. The smallest absolute Gasteiger partial charge is 0.272 e. The third kappa shape index (κ3) is 3.12. The molecule has 1 amide bonds. The summed E-state index contributed by atoms with van der Waals surface area (Å²) in [6, 6.07) is 13.3. The van der Waals surface area contributed by atoms with Crippen molar-refractivity contribution in [3.05, 3.63) is 70.4 Å². The standard InChI is InChI=1S/C18H16ClN3O/c1-12-7-8-15(16(19)9-12)18(23)21-20-10-13-11-22(2)17-6-4-3-5-14(13)17/h3-11H,1-2H3,(H,21,23)/b20-10-. The first-order chi connectivity index (χ1) is 11.1. The summed E-state index contributed by atoms with van der Waals surface area (Å²) in [5.74, 6) is -0.327. The number of hydrogen-bond acceptors (Lipinski definition) is 2. The minimum Gasteiger partial charge on any atom is -0.350 e. The summed E-state index contributed by atoms with van der Waals surface area (Å²) in [7, 11) is 1.98. The predicted molar refractivity (Wildman–Crippen MR) is 94.2 cm³/mol. The molecule has 1 heterocycles. The second-order valence-electron chi connectivity index (χ2n) is 5.39. The van der Waals surface area contributed by atoms with E-state index < -0.39 is 0 Å². The minimum absolute atomic E-state index is 0.327. The van der Waals surface area contributed by atoms with Crippen LogP contribution in [0.3, 0.4) is 0 Å². The quantitative estimate of drug-likeness (QED) is 0.576. The first-order valence-electron chi connectivity index (χ1n) is 7.20. The van der Waals surface area contributed by atoms with Crippen LogP contribution in [0.15, 0.2) is 53.8 Å². The number of carbonyl (C=O) groups excluding carboxylic acids is 1. The summed E-state index contributed by atoms with van der Waals surface area (Å²) < 4.78 is 2.02. The Morgan fingerprint density at radius 3 is 2.83 bits per heavy atom. The maximum atomic E-state index is 12.1. The van der Waals surface area contributed by atoms with E-state index in [0.29, 0.717) is 10.6 Å². The van der Waals surface area contributed by atoms with Crippen molar-refractivity contribution >= 4 is 34.6 Å². The molecule has 0 aliphatic heterocycles. The van der Waals surface area contributed by atoms with Gasteiger partial charge in [0.05, 0.1) is 16.8 Å². The van der Waals surface area contributed by atoms with Gasteiger partial charge in [0, 0.05) is 29.7 Å². The molecule has 0 radical (unpaired) electrons. The molecule has 0 saturated heterocycles. The molecule has 3 aromatic rings. The van der Waals surface area contributed by atoms with Gasteiger partial charge >= 0.3 is 0 Å². The maximum absolute atomic E-state index is 12.1. The van der Waals surface area contributed by atoms with Crippen molar-refractivity contribution in [3.63, 3.8) is 0 Å². The van der Waals surface area contributed by atoms with Crippen molar-refractivity contribution in [2.24, 2.45) is 12.1 Å². The number of carbonyl (C=O) groups is 1. The first-order valence-corrected chi connectivity index (χ1v) is 7.57. The maximum Gasteiger partial charge on any atom is 0.272 e. The van der Waals surface area contributed by atoms with Crippen LogP contribution in [-0.2, 0) is 7.05 Å². The van der Waals surface area contributed by atoms with Crippen molar-refractivity contribution in [1.29, 1.82) is 0 Å². The fourth-order valence-electron chi connectivity index (χ4n) is 2.50. The van der Waals surface area contributed by atoms with E-state index in [-0.39, 0.29) is 5.91 Å². The molecule has 0 aliphatic rings. The molecule has 1 aromatic heterocycles. The predicted octanol–water partition coefficient (Wildman–Crippen LogP) is 3.90. The van der Waals surface area contributed by atoms with Gasteiger partial charge in [-0.05, 0) is 30.7 Å². The number of nitrogens with one attached hydrogen (secondary N) is 1. The third-order valence-corrected chi connectivity index (χ3v) is 3.98. The van der Waals surface area contributed by atoms with Gasteiger partial charge in [0.15, 0.2) is 0 Å². The zero-order valence-corrected chi connectivity index (χ0v) is 13.6. The summed E-state index contributed by atoms with van der Waals surface area (Å²) in [4.78, 5) is 12.1. The molecule has 1 N–H and O–H groups in total. The lowest BCUT2D eigenvalue weighted by Gasteiger charge is -2.03. The lowest BCUT2D eigenvalue weighted by Crippen LogP contribution is -2.18. The Morgan fingerprint density at radius 1 is 1.26 bits per heavy atom. The number of benzene rings is 2. The van der Waals surface area contributed by atoms with E-state index in [1.54, 1.807) is 18.3 Å². The summed E-state index contributed by atoms with van der Waals surface area (Å²) in [5, 5.41) is 5.55. The van der Waals surface area contributed by atoms with Crippen LogP contribution in [0.5, 0.6) is 0 Å². The molecule has 0 saturated carbocycles. The van der Waals surface area contributed by atoms with Crippen molar-refractivity contribution in [1.82, 2.24) is 9.99 Å². The molecule has 0 spiro atoms. The van der Waals surface area contributed by atoms with Gasteiger partial charge in [-0.3, -0.25) is 4.79 Å². The number of amides is 1. The van der Waals surface area contributed by atoms with Gasteiger partial charge in [-0.1, -0.05) is 35.9 Å². The number of aromatic nitrogens is 1. The topological polar surface area (TPSA) is 46.4 Å². The summed E-state index contributed by atoms with van der Waals surface area (Å²) >= 11 is 6.09. The van der Waals surface area contributed by atoms with Crippen molar-refractivity contribution in [2.45, 2.75) is 6.92 Å². The van der Waals surface area contributed by atoms with E-state index in [0.717, 1.165) is 22.0 Å². The molecule has 2 aromatic carbocycles. The van der Waals surface area contributed by atoms with Gasteiger partial charge in [-0.15, -0.1) is 0 Å². The van der Waals surface area contributed by atoms with E-state index in [1.165, 1.54) is 0 Å². The van der Waals surface area contributed by atoms with E-state index in [4.69, 9.17) is 11.6 Å². The number of para-hydroxylation sites is 1. The highest BCUT2D eigenvalue weighted by Gasteiger charge is 2.09. The van der Waals surface area contributed by atoms with Crippen LogP contribution in [0.4, 0.5) is 0 Å². The Bertz CT molecular complexity index is 912. The van der Waals surface area contributed by atoms with Crippen LogP contribution < -0.4 is 5.43 Å². The second kappa shape index (κ2) is 6.26. The van der Waals surface area contributed by atoms with Gasteiger partial charge in [0.25, 0.3) is 5.91 Å². The fourth-order valence-corrected chi connectivity index (χ4v) is 2.82. The van der Waals surface area contributed by atoms with Crippen LogP contribution >= 0.6 is 11.6 Å². The summed E-state index contributed by atoms with van der Waals surface area (Å²) in [6.45, 7) is 1.92. The Labute approximate surface area is 139 Å². The minimum atomic E-state index is -0.327. The van der Waals surface area contributed by atoms with Crippen molar-refractivity contribution in [3.8, 4) is 0 Å². The molecule has 3 rings (SSSR count). The highest BCUT2D eigenvalue weighted by atomic mass is 35.5. The van der Waals surface area contributed by atoms with Crippen LogP contribution in [0.25, 0.3) is 10.9 Å². The van der Waals surface area contributed by atoms with E-state index in [9.17, 15) is 4.79 Å². The Hall–Kier alpha value is -2.59. The first kappa shape index (κ1) is 15.3. The van der Waals surface area contributed by atoms with Crippen LogP contribution in [0, 0.1) is 6.92 Å². The van der Waals surface area contributed by atoms with Crippen LogP contribution in [0.1, 0.15) is 21.5 Å². The number of halogens is 1. The number of fused-ring (bicyclic) bond motifs is 1. The number of hydrogen-bond donors (Lipinski definition) is 1. The second-order valence-corrected chi connectivity index (χ2v) is 5.80. The van der Waals surface area contributed by atoms with Gasteiger partial charge < -0.3 is 4.57 Å². The fraction of sp³-hybridized carbons (Fsp3) is 0.111. The Morgan fingerprint density at radius 2 is 2.04 bits per heavy atom. The monoisotopic (exact) mass is 325 g/mol. The summed E-state index contributed by atoms with van der Waals surface area (Å²) in [5.41, 5.74) is 5.99. The van der Waals surface area contributed by atoms with Gasteiger partial charge in [0.2, 0.25) is 0 Å². The zero-order chi connectivity index (χ0) is 16.4. The highest BCUT2D eigenvalue weighted by molar-refractivity contribution is 6.33. The van der Waals surface area contributed by atoms with Gasteiger partial charge in [0.1, 0.15) is 0 Å². The van der Waals surface area contributed by atoms with Crippen LogP contribution in [-0.4, -0.2) is 16.7 Å². The molecule has 116 valence electrons. The molecule has 23 heavy (non-hydrogen) atoms. The molecular formula is C18H16ClN3O. The van der Waals surface area contributed by atoms with Gasteiger partial charge in [-0.25, -0.2) is 5.43 Å². The Kier molecular flexibility index (Phi) is 4.17. The molecule has 0 bridgehead atoms. The van der Waals surface area contributed by atoms with E-state index in [2.05, 4.69) is 10.5 Å². The lowest BCUT2D eigenvalue weighted by molar-refractivity contribution is 0.0955. The average Bonchev–Trinajstić information content (AvgIpc) is 2.84. The molecule has 0 atom stereocenters. The highest BCUT2D eigenvalue weighted by Crippen LogP contribution is 2.19. The average molecular weight is 326 g/mol. The molecular weight excluding hydrogens is 310 g/mol. The number of nitrogens with zero attached hydrogens (tertiary/aromatic N) is 2. The largest absolute Gasteiger partial charge is 0.350 e. The van der Waals surface area contributed by atoms with Gasteiger partial charge in [-0.2, -0.15) is 5.10 Å². The molecule has 5 heteroatoms. The SMILES string of the molecule is Cc1ccc(C(=O)N/N=C\c2cn(C)c3ccccc23)c(Cl)c1. The number of aryl methyl sites for hydroxylation is 2. The molecule has 0 aliphatic carbocycles. The zero-order valence-electron chi connectivity index (χ0n) is 12.9.